The third-order valence-corrected chi connectivity index (χ3v) is 3.48. The zero-order chi connectivity index (χ0) is 21.4. The first kappa shape index (κ1) is 21.4. The molecule has 0 atom stereocenters. The van der Waals surface area contributed by atoms with E-state index in [1.807, 2.05) is 5.32 Å². The molecule has 0 heterocycles. The maximum atomic E-state index is 12.1. The van der Waals surface area contributed by atoms with Crippen molar-refractivity contribution in [2.45, 2.75) is 13.0 Å². The lowest BCUT2D eigenvalue weighted by Gasteiger charge is -2.07. The van der Waals surface area contributed by atoms with Gasteiger partial charge >= 0.3 is 12.6 Å². The number of para-hydroxylation sites is 1. The summed E-state index contributed by atoms with van der Waals surface area (Å²) in [7, 11) is 0. The summed E-state index contributed by atoms with van der Waals surface area (Å²) in [4.78, 5) is 45.7. The van der Waals surface area contributed by atoms with E-state index in [9.17, 15) is 33.3 Å². The maximum Gasteiger partial charge on any atom is 0.387 e. The fraction of sp³-hybridized carbons (Fsp3) is 0.167. The van der Waals surface area contributed by atoms with E-state index in [-0.39, 0.29) is 22.6 Å². The molecule has 152 valence electrons. The van der Waals surface area contributed by atoms with Crippen LogP contribution in [0.25, 0.3) is 0 Å². The second kappa shape index (κ2) is 9.88. The first-order valence-corrected chi connectivity index (χ1v) is 8.03. The highest BCUT2D eigenvalue weighted by atomic mass is 19.3. The van der Waals surface area contributed by atoms with Crippen LogP contribution in [0.3, 0.4) is 0 Å². The number of rotatable bonds is 8. The van der Waals surface area contributed by atoms with Crippen molar-refractivity contribution >= 4 is 23.5 Å². The number of nitro benzene ring substituents is 1. The normalized spacial score (nSPS) is 10.3. The lowest BCUT2D eigenvalue weighted by Crippen LogP contribution is -2.34. The molecular weight excluding hydrogens is 394 g/mol. The zero-order valence-electron chi connectivity index (χ0n) is 14.7. The number of nitrogens with zero attached hydrogens (tertiary/aromatic N) is 1. The van der Waals surface area contributed by atoms with Crippen LogP contribution >= 0.6 is 0 Å². The molecule has 0 aromatic heterocycles. The molecule has 29 heavy (non-hydrogen) atoms. The predicted molar refractivity (Wildman–Crippen MR) is 93.3 cm³/mol. The number of alkyl halides is 2. The summed E-state index contributed by atoms with van der Waals surface area (Å²) in [6.45, 7) is -3.79. The van der Waals surface area contributed by atoms with Crippen LogP contribution in [-0.2, 0) is 20.7 Å². The number of carbonyl (C=O) groups excluding carboxylic acids is 3. The highest BCUT2D eigenvalue weighted by Crippen LogP contribution is 2.18. The molecule has 2 aromatic rings. The van der Waals surface area contributed by atoms with Gasteiger partial charge in [-0.15, -0.1) is 0 Å². The Morgan fingerprint density at radius 1 is 1.07 bits per heavy atom. The number of amides is 2. The first-order chi connectivity index (χ1) is 13.8. The summed E-state index contributed by atoms with van der Waals surface area (Å²) in [6, 6.07) is 10.1. The maximum absolute atomic E-state index is 12.1. The van der Waals surface area contributed by atoms with Crippen LogP contribution in [0, 0.1) is 10.1 Å². The first-order valence-electron chi connectivity index (χ1n) is 8.03. The number of ether oxygens (including phenoxy) is 2. The van der Waals surface area contributed by atoms with E-state index in [1.54, 1.807) is 0 Å². The van der Waals surface area contributed by atoms with Crippen molar-refractivity contribution < 1.29 is 37.6 Å². The molecule has 0 aliphatic rings. The molecule has 0 fully saturated rings. The molecule has 2 aromatic carbocycles. The Morgan fingerprint density at radius 3 is 2.34 bits per heavy atom. The fourth-order valence-corrected chi connectivity index (χ4v) is 2.21. The molecule has 9 nitrogen and oxygen atoms in total. The number of esters is 1. The lowest BCUT2D eigenvalue weighted by molar-refractivity contribution is -0.385. The Morgan fingerprint density at radius 2 is 1.72 bits per heavy atom. The molecule has 0 spiro atoms. The summed E-state index contributed by atoms with van der Waals surface area (Å²) in [6.07, 6.45) is -0.427. The Kier molecular flexibility index (Phi) is 7.29. The van der Waals surface area contributed by atoms with Gasteiger partial charge in [0.05, 0.1) is 11.3 Å². The highest BCUT2D eigenvalue weighted by Gasteiger charge is 2.18. The predicted octanol–water partition coefficient (Wildman–Crippen LogP) is 2.24. The Hall–Kier alpha value is -3.89. The van der Waals surface area contributed by atoms with Crippen LogP contribution in [0.2, 0.25) is 0 Å². The van der Waals surface area contributed by atoms with Gasteiger partial charge in [0.15, 0.2) is 6.61 Å². The van der Waals surface area contributed by atoms with E-state index in [0.29, 0.717) is 0 Å². The summed E-state index contributed by atoms with van der Waals surface area (Å²) in [5.41, 5.74) is -0.153. The minimum Gasteiger partial charge on any atom is -0.455 e. The quantitative estimate of drug-likeness (QED) is 0.403. The van der Waals surface area contributed by atoms with E-state index in [4.69, 9.17) is 4.74 Å². The number of nitrogens with one attached hydrogen (secondary N) is 1. The average molecular weight is 408 g/mol. The van der Waals surface area contributed by atoms with Gasteiger partial charge in [-0.05, 0) is 24.3 Å². The van der Waals surface area contributed by atoms with Crippen molar-refractivity contribution in [2.75, 3.05) is 6.61 Å². The molecule has 0 saturated heterocycles. The number of halogens is 2. The second-order valence-electron chi connectivity index (χ2n) is 5.50. The molecule has 0 unspecified atom stereocenters. The number of hydrogen-bond acceptors (Lipinski definition) is 7. The molecule has 2 rings (SSSR count). The Balaban J connectivity index is 1.84. The van der Waals surface area contributed by atoms with Crippen molar-refractivity contribution in [1.29, 1.82) is 0 Å². The van der Waals surface area contributed by atoms with Crippen LogP contribution < -0.4 is 10.1 Å². The van der Waals surface area contributed by atoms with E-state index >= 15 is 0 Å². The number of hydrogen-bond donors (Lipinski definition) is 1. The minimum absolute atomic E-state index is 0.00815. The summed E-state index contributed by atoms with van der Waals surface area (Å²) >= 11 is 0. The van der Waals surface area contributed by atoms with Gasteiger partial charge in [0.25, 0.3) is 17.5 Å². The van der Waals surface area contributed by atoms with Gasteiger partial charge < -0.3 is 9.47 Å². The van der Waals surface area contributed by atoms with Crippen molar-refractivity contribution in [3.8, 4) is 5.75 Å². The smallest absolute Gasteiger partial charge is 0.387 e. The third kappa shape index (κ3) is 6.65. The third-order valence-electron chi connectivity index (χ3n) is 3.48. The fourth-order valence-electron chi connectivity index (χ4n) is 2.21. The van der Waals surface area contributed by atoms with Crippen molar-refractivity contribution in [3.63, 3.8) is 0 Å². The summed E-state index contributed by atoms with van der Waals surface area (Å²) < 4.78 is 33.0. The molecule has 11 heteroatoms. The molecule has 0 radical (unpaired) electrons. The Labute approximate surface area is 162 Å². The van der Waals surface area contributed by atoms with Gasteiger partial charge in [0.2, 0.25) is 0 Å². The van der Waals surface area contributed by atoms with Crippen LogP contribution in [0.4, 0.5) is 14.5 Å². The number of nitro groups is 1. The summed E-state index contributed by atoms with van der Waals surface area (Å²) in [5.74, 6) is -2.82. The van der Waals surface area contributed by atoms with Crippen molar-refractivity contribution in [3.05, 3.63) is 69.8 Å². The number of benzene rings is 2. The van der Waals surface area contributed by atoms with Crippen molar-refractivity contribution in [2.24, 2.45) is 0 Å². The highest BCUT2D eigenvalue weighted by molar-refractivity contribution is 6.05. The topological polar surface area (TPSA) is 125 Å². The van der Waals surface area contributed by atoms with Crippen LogP contribution in [0.15, 0.2) is 48.5 Å². The van der Waals surface area contributed by atoms with Gasteiger partial charge in [-0.25, -0.2) is 0 Å². The molecule has 0 aliphatic carbocycles. The molecule has 1 N–H and O–H groups in total. The molecule has 0 aliphatic heterocycles. The largest absolute Gasteiger partial charge is 0.455 e. The van der Waals surface area contributed by atoms with Crippen LogP contribution in [0.5, 0.6) is 5.75 Å². The van der Waals surface area contributed by atoms with Crippen LogP contribution in [0.1, 0.15) is 15.9 Å². The SMILES string of the molecule is O=C(COC(=O)Cc1ccccc1[N+](=O)[O-])NC(=O)c1ccc(OC(F)F)cc1. The van der Waals surface area contributed by atoms with Crippen LogP contribution in [-0.4, -0.2) is 35.9 Å². The van der Waals surface area contributed by atoms with E-state index < -0.39 is 42.3 Å². The van der Waals surface area contributed by atoms with E-state index in [2.05, 4.69) is 4.74 Å². The lowest BCUT2D eigenvalue weighted by atomic mass is 10.1. The van der Waals surface area contributed by atoms with Gasteiger partial charge in [-0.1, -0.05) is 18.2 Å². The van der Waals surface area contributed by atoms with Gasteiger partial charge in [-0.2, -0.15) is 8.78 Å². The zero-order valence-corrected chi connectivity index (χ0v) is 14.7. The minimum atomic E-state index is -3.01. The summed E-state index contributed by atoms with van der Waals surface area (Å²) in [5, 5.41) is 12.9. The van der Waals surface area contributed by atoms with Gasteiger partial charge in [-0.3, -0.25) is 29.8 Å². The van der Waals surface area contributed by atoms with E-state index in [1.165, 1.54) is 36.4 Å². The number of imide groups is 1. The Bertz CT molecular complexity index is 917. The molecule has 2 amide bonds. The van der Waals surface area contributed by atoms with Gasteiger partial charge in [0.1, 0.15) is 5.75 Å². The standard InChI is InChI=1S/C18H14F2N2O7/c19-18(20)29-13-7-5-11(6-8-13)17(25)21-15(23)10-28-16(24)9-12-3-1-2-4-14(12)22(26)27/h1-8,18H,9-10H2,(H,21,23,25). The molecular formula is C18H14F2N2O7. The number of carbonyl (C=O) groups is 3. The monoisotopic (exact) mass is 408 g/mol. The van der Waals surface area contributed by atoms with E-state index in [0.717, 1.165) is 12.1 Å². The second-order valence-corrected chi connectivity index (χ2v) is 5.50. The van der Waals surface area contributed by atoms with Crippen molar-refractivity contribution in [1.82, 2.24) is 5.32 Å². The molecule has 0 saturated carbocycles. The average Bonchev–Trinajstić information content (AvgIpc) is 2.66. The van der Waals surface area contributed by atoms with Gasteiger partial charge in [0, 0.05) is 17.2 Å². The molecule has 0 bridgehead atoms.